The van der Waals surface area contributed by atoms with Crippen LogP contribution in [0.5, 0.6) is 0 Å². The van der Waals surface area contributed by atoms with Crippen molar-refractivity contribution >= 4 is 17.8 Å². The van der Waals surface area contributed by atoms with Crippen LogP contribution in [0.4, 0.5) is 10.6 Å². The third-order valence-corrected chi connectivity index (χ3v) is 5.83. The molecule has 1 N–H and O–H groups in total. The number of aromatic nitrogens is 1. The lowest BCUT2D eigenvalue weighted by Gasteiger charge is -2.39. The van der Waals surface area contributed by atoms with Crippen molar-refractivity contribution in [1.82, 2.24) is 15.2 Å². The van der Waals surface area contributed by atoms with Gasteiger partial charge in [0.05, 0.1) is 12.1 Å². The first kappa shape index (κ1) is 16.8. The van der Waals surface area contributed by atoms with Crippen LogP contribution >= 0.6 is 0 Å². The number of piperidine rings is 1. The van der Waals surface area contributed by atoms with E-state index in [1.54, 1.807) is 18.3 Å². The molecule has 3 amide bonds. The standard InChI is InChI=1S/C19H23N5O2/c20-11-14-7-8-16(21-12-14)23-10-4-9-19(13-23)17(25)24(18(26)22-19)15-5-2-1-3-6-15/h7-8,12,15H,1-6,9-10,13H2,(H,22,26). The largest absolute Gasteiger partial charge is 0.354 e. The predicted molar refractivity (Wildman–Crippen MR) is 95.4 cm³/mol. The van der Waals surface area contributed by atoms with E-state index in [4.69, 9.17) is 5.26 Å². The van der Waals surface area contributed by atoms with Gasteiger partial charge in [0.1, 0.15) is 17.4 Å². The minimum Gasteiger partial charge on any atom is -0.354 e. The zero-order chi connectivity index (χ0) is 18.1. The third-order valence-electron chi connectivity index (χ3n) is 5.83. The second kappa shape index (κ2) is 6.60. The van der Waals surface area contributed by atoms with E-state index in [1.807, 2.05) is 4.90 Å². The molecule has 1 aromatic heterocycles. The van der Waals surface area contributed by atoms with E-state index in [-0.39, 0.29) is 18.0 Å². The van der Waals surface area contributed by atoms with Gasteiger partial charge in [-0.15, -0.1) is 0 Å². The zero-order valence-electron chi connectivity index (χ0n) is 14.8. The molecule has 3 fully saturated rings. The topological polar surface area (TPSA) is 89.3 Å². The van der Waals surface area contributed by atoms with Crippen molar-refractivity contribution < 1.29 is 9.59 Å². The van der Waals surface area contributed by atoms with Crippen molar-refractivity contribution in [1.29, 1.82) is 5.26 Å². The number of imide groups is 1. The van der Waals surface area contributed by atoms with Gasteiger partial charge in [-0.3, -0.25) is 9.69 Å². The van der Waals surface area contributed by atoms with Crippen molar-refractivity contribution in [3.05, 3.63) is 23.9 Å². The molecule has 1 saturated carbocycles. The summed E-state index contributed by atoms with van der Waals surface area (Å²) in [5.41, 5.74) is -0.336. The van der Waals surface area contributed by atoms with Crippen LogP contribution < -0.4 is 10.2 Å². The Morgan fingerprint density at radius 3 is 2.69 bits per heavy atom. The third kappa shape index (κ3) is 2.79. The van der Waals surface area contributed by atoms with Gasteiger partial charge in [-0.1, -0.05) is 19.3 Å². The molecule has 7 heteroatoms. The molecule has 0 radical (unpaired) electrons. The number of nitrogens with one attached hydrogen (secondary N) is 1. The molecule has 2 aliphatic heterocycles. The summed E-state index contributed by atoms with van der Waals surface area (Å²) in [5, 5.41) is 11.9. The van der Waals surface area contributed by atoms with Crippen molar-refractivity contribution in [3.8, 4) is 6.07 Å². The number of amides is 3. The molecule has 136 valence electrons. The van der Waals surface area contributed by atoms with Crippen LogP contribution in [0.25, 0.3) is 0 Å². The highest BCUT2D eigenvalue weighted by Crippen LogP contribution is 2.34. The molecule has 4 rings (SSSR count). The molecule has 0 bridgehead atoms. The molecule has 7 nitrogen and oxygen atoms in total. The Morgan fingerprint density at radius 2 is 2.00 bits per heavy atom. The van der Waals surface area contributed by atoms with Crippen LogP contribution in [-0.4, -0.2) is 46.5 Å². The number of nitrogens with zero attached hydrogens (tertiary/aromatic N) is 4. The molecule has 1 aliphatic carbocycles. The number of pyridine rings is 1. The van der Waals surface area contributed by atoms with Crippen molar-refractivity contribution in [2.24, 2.45) is 0 Å². The van der Waals surface area contributed by atoms with Gasteiger partial charge in [0, 0.05) is 18.8 Å². The van der Waals surface area contributed by atoms with Crippen LogP contribution in [0.15, 0.2) is 18.3 Å². The quantitative estimate of drug-likeness (QED) is 0.823. The first-order chi connectivity index (χ1) is 12.6. The number of rotatable bonds is 2. The van der Waals surface area contributed by atoms with E-state index < -0.39 is 5.54 Å². The second-order valence-corrected chi connectivity index (χ2v) is 7.52. The van der Waals surface area contributed by atoms with Gasteiger partial charge < -0.3 is 10.2 Å². The number of carbonyl (C=O) groups excluding carboxylic acids is 2. The fraction of sp³-hybridized carbons (Fsp3) is 0.579. The summed E-state index contributed by atoms with van der Waals surface area (Å²) < 4.78 is 0. The fourth-order valence-corrected chi connectivity index (χ4v) is 4.48. The monoisotopic (exact) mass is 353 g/mol. The Morgan fingerprint density at radius 1 is 1.19 bits per heavy atom. The van der Waals surface area contributed by atoms with Crippen molar-refractivity contribution in [2.45, 2.75) is 56.5 Å². The smallest absolute Gasteiger partial charge is 0.325 e. The predicted octanol–water partition coefficient (Wildman–Crippen LogP) is 2.18. The molecule has 0 aromatic carbocycles. The van der Waals surface area contributed by atoms with Crippen molar-refractivity contribution in [3.63, 3.8) is 0 Å². The molecule has 1 aromatic rings. The molecule has 3 aliphatic rings. The Kier molecular flexibility index (Phi) is 4.27. The van der Waals surface area contributed by atoms with E-state index in [0.717, 1.165) is 44.5 Å². The Bertz CT molecular complexity index is 750. The number of urea groups is 1. The minimum atomic E-state index is -0.845. The summed E-state index contributed by atoms with van der Waals surface area (Å²) in [6.45, 7) is 1.22. The molecule has 2 saturated heterocycles. The Hall–Kier alpha value is -2.62. The normalized spacial score (nSPS) is 26.9. The average molecular weight is 353 g/mol. The average Bonchev–Trinajstić information content (AvgIpc) is 2.92. The van der Waals surface area contributed by atoms with Crippen LogP contribution in [0.3, 0.4) is 0 Å². The van der Waals surface area contributed by atoms with Crippen LogP contribution in [-0.2, 0) is 4.79 Å². The number of hydrogen-bond donors (Lipinski definition) is 1. The minimum absolute atomic E-state index is 0.0408. The number of nitriles is 1. The molecule has 1 atom stereocenters. The van der Waals surface area contributed by atoms with Gasteiger partial charge in [0.15, 0.2) is 0 Å². The van der Waals surface area contributed by atoms with Crippen molar-refractivity contribution in [2.75, 3.05) is 18.0 Å². The SMILES string of the molecule is N#Cc1ccc(N2CCCC3(C2)NC(=O)N(C2CCCCC2)C3=O)nc1. The number of carbonyl (C=O) groups is 2. The number of anilines is 1. The molecular weight excluding hydrogens is 330 g/mol. The van der Waals surface area contributed by atoms with Gasteiger partial charge in [-0.25, -0.2) is 9.78 Å². The first-order valence-corrected chi connectivity index (χ1v) is 9.40. The highest BCUT2D eigenvalue weighted by Gasteiger charge is 2.54. The zero-order valence-corrected chi connectivity index (χ0v) is 14.8. The summed E-state index contributed by atoms with van der Waals surface area (Å²) >= 11 is 0. The Labute approximate surface area is 153 Å². The number of hydrogen-bond acceptors (Lipinski definition) is 5. The first-order valence-electron chi connectivity index (χ1n) is 9.40. The lowest BCUT2D eigenvalue weighted by atomic mass is 9.87. The van der Waals surface area contributed by atoms with Gasteiger partial charge in [-0.2, -0.15) is 5.26 Å². The molecule has 1 spiro atoms. The second-order valence-electron chi connectivity index (χ2n) is 7.52. The van der Waals surface area contributed by atoms with Gasteiger partial charge in [0.25, 0.3) is 5.91 Å². The molecular formula is C19H23N5O2. The van der Waals surface area contributed by atoms with E-state index in [9.17, 15) is 9.59 Å². The van der Waals surface area contributed by atoms with E-state index >= 15 is 0 Å². The van der Waals surface area contributed by atoms with Gasteiger partial charge in [0.2, 0.25) is 0 Å². The highest BCUT2D eigenvalue weighted by atomic mass is 16.2. The summed E-state index contributed by atoms with van der Waals surface area (Å²) in [7, 11) is 0. The molecule has 26 heavy (non-hydrogen) atoms. The maximum absolute atomic E-state index is 13.2. The van der Waals surface area contributed by atoms with E-state index in [0.29, 0.717) is 18.5 Å². The summed E-state index contributed by atoms with van der Waals surface area (Å²) in [6.07, 6.45) is 8.18. The molecule has 3 heterocycles. The summed E-state index contributed by atoms with van der Waals surface area (Å²) in [6, 6.07) is 5.40. The van der Waals surface area contributed by atoms with Crippen LogP contribution in [0, 0.1) is 11.3 Å². The van der Waals surface area contributed by atoms with Gasteiger partial charge in [-0.05, 0) is 37.8 Å². The Balaban J connectivity index is 1.55. The lowest BCUT2D eigenvalue weighted by molar-refractivity contribution is -0.133. The highest BCUT2D eigenvalue weighted by molar-refractivity contribution is 6.07. The maximum Gasteiger partial charge on any atom is 0.325 e. The van der Waals surface area contributed by atoms with E-state index in [2.05, 4.69) is 16.4 Å². The van der Waals surface area contributed by atoms with Gasteiger partial charge >= 0.3 is 6.03 Å². The van der Waals surface area contributed by atoms with Crippen LogP contribution in [0.1, 0.15) is 50.5 Å². The lowest BCUT2D eigenvalue weighted by Crippen LogP contribution is -2.59. The van der Waals surface area contributed by atoms with E-state index in [1.165, 1.54) is 11.3 Å². The molecule has 1 unspecified atom stereocenters. The summed E-state index contributed by atoms with van der Waals surface area (Å²) in [4.78, 5) is 33.7. The fourth-order valence-electron chi connectivity index (χ4n) is 4.48. The summed E-state index contributed by atoms with van der Waals surface area (Å²) in [5.74, 6) is 0.661. The van der Waals surface area contributed by atoms with Crippen LogP contribution in [0.2, 0.25) is 0 Å². The maximum atomic E-state index is 13.2.